The van der Waals surface area contributed by atoms with Crippen LogP contribution in [0.4, 0.5) is 18.9 Å². The number of carbonyl (C=O) groups excluding carboxylic acids is 1. The van der Waals surface area contributed by atoms with E-state index in [-0.39, 0.29) is 24.5 Å². The van der Waals surface area contributed by atoms with Gasteiger partial charge in [0, 0.05) is 18.4 Å². The Morgan fingerprint density at radius 1 is 1.20 bits per heavy atom. The van der Waals surface area contributed by atoms with Gasteiger partial charge in [-0.05, 0) is 44.1 Å². The number of ether oxygens (including phenoxy) is 3. The van der Waals surface area contributed by atoms with Crippen molar-refractivity contribution in [2.24, 2.45) is 0 Å². The predicted octanol–water partition coefficient (Wildman–Crippen LogP) is 2.84. The summed E-state index contributed by atoms with van der Waals surface area (Å²) in [7, 11) is 1.55. The Balaban J connectivity index is 2.58. The third-order valence-corrected chi connectivity index (χ3v) is 3.59. The Kier molecular flexibility index (Phi) is 10.2. The molecule has 0 spiro atoms. The Morgan fingerprint density at radius 3 is 2.37 bits per heavy atom. The maximum atomic E-state index is 12.4. The molecule has 0 aromatic heterocycles. The molecular weight excluding hydrogens is 404 g/mol. The number of rotatable bonds is 12. The van der Waals surface area contributed by atoms with Crippen molar-refractivity contribution in [3.05, 3.63) is 41.6 Å². The zero-order chi connectivity index (χ0) is 22.8. The normalized spacial score (nSPS) is 12.5. The van der Waals surface area contributed by atoms with Crippen molar-refractivity contribution >= 4 is 18.5 Å². The molecule has 11 heteroatoms. The van der Waals surface area contributed by atoms with E-state index in [0.717, 1.165) is 0 Å². The monoisotopic (exact) mass is 432 g/mol. The van der Waals surface area contributed by atoms with Gasteiger partial charge in [0.1, 0.15) is 19.0 Å². The molecule has 0 heterocycles. The van der Waals surface area contributed by atoms with E-state index in [0.29, 0.717) is 19.0 Å². The van der Waals surface area contributed by atoms with Gasteiger partial charge in [-0.15, -0.1) is 0 Å². The molecule has 7 nitrogen and oxygen atoms in total. The molecular formula is C19H28BF3N2O5. The van der Waals surface area contributed by atoms with Gasteiger partial charge in [-0.3, -0.25) is 10.1 Å². The maximum absolute atomic E-state index is 12.4. The maximum Gasteiger partial charge on any atom is 0.482 e. The van der Waals surface area contributed by atoms with Crippen molar-refractivity contribution in [3.8, 4) is 0 Å². The molecule has 0 saturated carbocycles. The average Bonchev–Trinajstić information content (AvgIpc) is 2.60. The minimum Gasteiger partial charge on any atom is -0.494 e. The van der Waals surface area contributed by atoms with Crippen molar-refractivity contribution in [1.29, 1.82) is 0 Å². The largest absolute Gasteiger partial charge is 0.494 e. The van der Waals surface area contributed by atoms with Crippen LogP contribution in [0.1, 0.15) is 24.2 Å². The summed E-state index contributed by atoms with van der Waals surface area (Å²) in [6.45, 7) is 5.27. The van der Waals surface area contributed by atoms with E-state index in [1.54, 1.807) is 27.8 Å². The zero-order valence-corrected chi connectivity index (χ0v) is 17.5. The highest BCUT2D eigenvalue weighted by Crippen LogP contribution is 2.20. The molecule has 30 heavy (non-hydrogen) atoms. The smallest absolute Gasteiger partial charge is 0.482 e. The number of alkyl halides is 3. The first-order valence-electron chi connectivity index (χ1n) is 9.27. The summed E-state index contributed by atoms with van der Waals surface area (Å²) in [5, 5.41) is 13.6. The molecule has 1 rings (SSSR count). The summed E-state index contributed by atoms with van der Waals surface area (Å²) in [6.07, 6.45) is -4.54. The molecule has 0 aliphatic carbocycles. The van der Waals surface area contributed by atoms with Crippen molar-refractivity contribution in [3.63, 3.8) is 0 Å². The fourth-order valence-corrected chi connectivity index (χ4v) is 2.35. The molecule has 168 valence electrons. The van der Waals surface area contributed by atoms with Gasteiger partial charge < -0.3 is 24.6 Å². The first-order valence-corrected chi connectivity index (χ1v) is 9.27. The molecule has 1 aromatic rings. The molecule has 0 radical (unpaired) electrons. The van der Waals surface area contributed by atoms with Gasteiger partial charge >= 0.3 is 13.2 Å². The number of anilines is 1. The van der Waals surface area contributed by atoms with Crippen molar-refractivity contribution in [2.45, 2.75) is 32.5 Å². The molecule has 1 aromatic carbocycles. The number of nitrogens with one attached hydrogen (secondary N) is 2. The molecule has 0 aliphatic heterocycles. The van der Waals surface area contributed by atoms with Crippen LogP contribution in [-0.4, -0.2) is 63.2 Å². The second kappa shape index (κ2) is 11.8. The zero-order valence-electron chi connectivity index (χ0n) is 17.5. The summed E-state index contributed by atoms with van der Waals surface area (Å²) >= 11 is 0. The van der Waals surface area contributed by atoms with Crippen LogP contribution in [0.5, 0.6) is 0 Å². The summed E-state index contributed by atoms with van der Waals surface area (Å²) in [5.74, 6) is 1.51. The number of carbonyl (C=O) groups is 1. The van der Waals surface area contributed by atoms with E-state index in [1.165, 1.54) is 35.6 Å². The minimum atomic E-state index is -4.54. The van der Waals surface area contributed by atoms with E-state index >= 15 is 0 Å². The van der Waals surface area contributed by atoms with Crippen molar-refractivity contribution < 1.29 is 37.2 Å². The van der Waals surface area contributed by atoms with Gasteiger partial charge in [0.2, 0.25) is 0 Å². The lowest BCUT2D eigenvalue weighted by molar-refractivity contribution is -0.0999. The Bertz CT molecular complexity index is 694. The van der Waals surface area contributed by atoms with E-state index in [1.807, 2.05) is 0 Å². The van der Waals surface area contributed by atoms with Crippen LogP contribution in [0, 0.1) is 0 Å². The standard InChI is InChI=1S/C19H28BF3N2O5/c1-18(2,13-29-12-16(11-20(3)27)30-10-9-28-4)25-17(26)14-5-7-15(8-6-14)24-19(21,22)23/h5-8,11,24,27H,9-10,12-13H2,1-4H3,(H,25,26). The number of methoxy groups -OCH3 is 1. The average molecular weight is 432 g/mol. The van der Waals surface area contributed by atoms with Crippen LogP contribution in [0.3, 0.4) is 0 Å². The fourth-order valence-electron chi connectivity index (χ4n) is 2.35. The Hall–Kier alpha value is -2.24. The molecule has 0 atom stereocenters. The summed E-state index contributed by atoms with van der Waals surface area (Å²) in [6, 6.07) is 4.95. The minimum absolute atomic E-state index is 0.0890. The Morgan fingerprint density at radius 2 is 1.83 bits per heavy atom. The van der Waals surface area contributed by atoms with Crippen LogP contribution in [0.15, 0.2) is 36.0 Å². The summed E-state index contributed by atoms with van der Waals surface area (Å²) in [4.78, 5) is 12.4. The number of benzene rings is 1. The van der Waals surface area contributed by atoms with Crippen LogP contribution in [0.2, 0.25) is 6.82 Å². The van der Waals surface area contributed by atoms with E-state index in [4.69, 9.17) is 14.2 Å². The summed E-state index contributed by atoms with van der Waals surface area (Å²) < 4.78 is 53.0. The highest BCUT2D eigenvalue weighted by atomic mass is 19.4. The van der Waals surface area contributed by atoms with E-state index in [9.17, 15) is 23.0 Å². The third-order valence-electron chi connectivity index (χ3n) is 3.59. The molecule has 1 amide bonds. The number of amides is 1. The second-order valence-corrected chi connectivity index (χ2v) is 7.25. The van der Waals surface area contributed by atoms with Crippen LogP contribution < -0.4 is 10.6 Å². The van der Waals surface area contributed by atoms with Gasteiger partial charge in [0.25, 0.3) is 5.91 Å². The lowest BCUT2D eigenvalue weighted by Gasteiger charge is -2.26. The third kappa shape index (κ3) is 11.1. The molecule has 0 bridgehead atoms. The van der Waals surface area contributed by atoms with Gasteiger partial charge in [0.15, 0.2) is 0 Å². The highest BCUT2D eigenvalue weighted by molar-refractivity contribution is 6.54. The second-order valence-electron chi connectivity index (χ2n) is 7.25. The number of hydrogen-bond donors (Lipinski definition) is 3. The lowest BCUT2D eigenvalue weighted by atomic mass is 9.72. The summed E-state index contributed by atoms with van der Waals surface area (Å²) in [5.41, 5.74) is -0.705. The number of halogens is 3. The molecule has 0 unspecified atom stereocenters. The fraction of sp³-hybridized carbons (Fsp3) is 0.526. The first-order chi connectivity index (χ1) is 13.9. The lowest BCUT2D eigenvalue weighted by Crippen LogP contribution is -2.47. The van der Waals surface area contributed by atoms with E-state index < -0.39 is 24.7 Å². The highest BCUT2D eigenvalue weighted by Gasteiger charge is 2.27. The Labute approximate surface area is 174 Å². The molecule has 0 aliphatic rings. The molecule has 0 fully saturated rings. The van der Waals surface area contributed by atoms with Crippen LogP contribution >= 0.6 is 0 Å². The number of hydrogen-bond acceptors (Lipinski definition) is 6. The first kappa shape index (κ1) is 25.8. The topological polar surface area (TPSA) is 89.1 Å². The molecule has 3 N–H and O–H groups in total. The SMILES string of the molecule is COCCOC(=CB(C)O)COCC(C)(C)NC(=O)c1ccc(NC(F)(F)F)cc1. The van der Waals surface area contributed by atoms with Crippen molar-refractivity contribution in [2.75, 3.05) is 38.9 Å². The van der Waals surface area contributed by atoms with E-state index in [2.05, 4.69) is 5.32 Å². The van der Waals surface area contributed by atoms with Crippen LogP contribution in [-0.2, 0) is 14.2 Å². The van der Waals surface area contributed by atoms with Gasteiger partial charge in [0.05, 0.1) is 18.8 Å². The van der Waals surface area contributed by atoms with Crippen molar-refractivity contribution in [1.82, 2.24) is 5.32 Å². The van der Waals surface area contributed by atoms with Crippen LogP contribution in [0.25, 0.3) is 0 Å². The molecule has 0 saturated heterocycles. The quantitative estimate of drug-likeness (QED) is 0.204. The van der Waals surface area contributed by atoms with Gasteiger partial charge in [-0.25, -0.2) is 0 Å². The van der Waals surface area contributed by atoms with Gasteiger partial charge in [-0.1, -0.05) is 6.82 Å². The predicted molar refractivity (Wildman–Crippen MR) is 108 cm³/mol. The van der Waals surface area contributed by atoms with Gasteiger partial charge in [-0.2, -0.15) is 13.2 Å².